The molecule has 2 aliphatic rings. The molecule has 1 saturated carbocycles. The van der Waals surface area contributed by atoms with E-state index in [9.17, 15) is 18.0 Å². The Kier molecular flexibility index (Phi) is 8.95. The van der Waals surface area contributed by atoms with Gasteiger partial charge in [0.2, 0.25) is 10.0 Å². The van der Waals surface area contributed by atoms with Gasteiger partial charge in [-0.2, -0.15) is 4.31 Å². The molecule has 0 aromatic heterocycles. The summed E-state index contributed by atoms with van der Waals surface area (Å²) in [6, 6.07) is 4.02. The molecule has 9 nitrogen and oxygen atoms in total. The van der Waals surface area contributed by atoms with Crippen molar-refractivity contribution in [3.8, 4) is 5.75 Å². The molecule has 10 heteroatoms. The second kappa shape index (κ2) is 11.5. The molecule has 3 rings (SSSR count). The van der Waals surface area contributed by atoms with Crippen LogP contribution in [0.25, 0.3) is 0 Å². The Balaban J connectivity index is 1.66. The molecule has 0 unspecified atom stereocenters. The first kappa shape index (κ1) is 26.4. The molecule has 1 heterocycles. The van der Waals surface area contributed by atoms with Crippen molar-refractivity contribution in [1.29, 1.82) is 0 Å². The number of nitrogens with zero attached hydrogens (tertiary/aromatic N) is 1. The van der Waals surface area contributed by atoms with Gasteiger partial charge in [0.1, 0.15) is 16.7 Å². The third kappa shape index (κ3) is 6.28. The molecule has 1 aromatic rings. The van der Waals surface area contributed by atoms with Gasteiger partial charge in [-0.15, -0.1) is 0 Å². The number of carbonyl (C=O) groups is 2. The van der Waals surface area contributed by atoms with E-state index in [1.54, 1.807) is 0 Å². The molecule has 0 radical (unpaired) electrons. The number of sulfonamides is 1. The molecular formula is C24H35NO8S. The van der Waals surface area contributed by atoms with Crippen LogP contribution in [0.2, 0.25) is 0 Å². The fraction of sp³-hybridized carbons (Fsp3) is 0.667. The Labute approximate surface area is 201 Å². The summed E-state index contributed by atoms with van der Waals surface area (Å²) in [7, 11) is -2.54. The largest absolute Gasteiger partial charge is 0.495 e. The first-order valence-electron chi connectivity index (χ1n) is 11.8. The normalized spacial score (nSPS) is 24.0. The third-order valence-corrected chi connectivity index (χ3v) is 8.47. The van der Waals surface area contributed by atoms with Gasteiger partial charge in [-0.3, -0.25) is 0 Å². The monoisotopic (exact) mass is 497 g/mol. The van der Waals surface area contributed by atoms with E-state index in [2.05, 4.69) is 20.8 Å². The van der Waals surface area contributed by atoms with E-state index in [-0.39, 0.29) is 41.3 Å². The number of hydrogen-bond acceptors (Lipinski definition) is 8. The molecule has 1 aromatic carbocycles. The smallest absolute Gasteiger partial charge is 0.344 e. The number of esters is 2. The minimum absolute atomic E-state index is 0.00628. The van der Waals surface area contributed by atoms with Crippen LogP contribution >= 0.6 is 0 Å². The van der Waals surface area contributed by atoms with Gasteiger partial charge in [-0.05, 0) is 48.8 Å². The van der Waals surface area contributed by atoms with Gasteiger partial charge in [0.25, 0.3) is 0 Å². The molecule has 3 atom stereocenters. The zero-order chi connectivity index (χ0) is 24.9. The average molecular weight is 498 g/mol. The minimum Gasteiger partial charge on any atom is -0.495 e. The lowest BCUT2D eigenvalue weighted by molar-refractivity contribution is -0.159. The number of carbonyl (C=O) groups excluding carboxylic acids is 2. The van der Waals surface area contributed by atoms with Gasteiger partial charge < -0.3 is 18.9 Å². The predicted molar refractivity (Wildman–Crippen MR) is 124 cm³/mol. The molecule has 1 aliphatic carbocycles. The Morgan fingerprint density at radius 1 is 1.18 bits per heavy atom. The van der Waals surface area contributed by atoms with E-state index in [1.165, 1.54) is 29.6 Å². The molecule has 0 bridgehead atoms. The molecule has 0 N–H and O–H groups in total. The molecule has 34 heavy (non-hydrogen) atoms. The van der Waals surface area contributed by atoms with Crippen molar-refractivity contribution in [2.45, 2.75) is 51.0 Å². The fourth-order valence-corrected chi connectivity index (χ4v) is 6.18. The Morgan fingerprint density at radius 2 is 1.88 bits per heavy atom. The predicted octanol–water partition coefficient (Wildman–Crippen LogP) is 2.88. The van der Waals surface area contributed by atoms with Crippen molar-refractivity contribution < 1.29 is 37.0 Å². The highest BCUT2D eigenvalue weighted by molar-refractivity contribution is 7.89. The molecule has 2 fully saturated rings. The maximum Gasteiger partial charge on any atom is 0.344 e. The van der Waals surface area contributed by atoms with Gasteiger partial charge in [-0.25, -0.2) is 18.0 Å². The molecule has 1 aliphatic heterocycles. The summed E-state index contributed by atoms with van der Waals surface area (Å²) in [6.07, 6.45) is 2.72. The summed E-state index contributed by atoms with van der Waals surface area (Å²) >= 11 is 0. The summed E-state index contributed by atoms with van der Waals surface area (Å²) in [5.74, 6) is -0.150. The SMILES string of the molecule is COc1ccc(C(=O)OCC(=O)O[C@@H]2C[C@H](C)CC[C@@H]2C(C)C)cc1S(=O)(=O)N1CCOCC1. The Hall–Kier alpha value is -2.17. The molecule has 1 saturated heterocycles. The van der Waals surface area contributed by atoms with Crippen LogP contribution in [0, 0.1) is 17.8 Å². The van der Waals surface area contributed by atoms with Crippen LogP contribution in [0.1, 0.15) is 50.4 Å². The van der Waals surface area contributed by atoms with Crippen molar-refractivity contribution in [1.82, 2.24) is 4.31 Å². The maximum absolute atomic E-state index is 13.1. The molecule has 0 spiro atoms. The summed E-state index contributed by atoms with van der Waals surface area (Å²) in [5, 5.41) is 0. The van der Waals surface area contributed by atoms with Crippen molar-refractivity contribution in [3.63, 3.8) is 0 Å². The van der Waals surface area contributed by atoms with Crippen LogP contribution in [0.3, 0.4) is 0 Å². The average Bonchev–Trinajstić information content (AvgIpc) is 2.82. The summed E-state index contributed by atoms with van der Waals surface area (Å²) in [6.45, 7) is 6.86. The van der Waals surface area contributed by atoms with Gasteiger partial charge >= 0.3 is 11.9 Å². The van der Waals surface area contributed by atoms with Crippen LogP contribution < -0.4 is 4.74 Å². The summed E-state index contributed by atoms with van der Waals surface area (Å²) < 4.78 is 48.8. The summed E-state index contributed by atoms with van der Waals surface area (Å²) in [4.78, 5) is 24.9. The van der Waals surface area contributed by atoms with E-state index in [4.69, 9.17) is 18.9 Å². The Bertz CT molecular complexity index is 971. The van der Waals surface area contributed by atoms with Gasteiger partial charge in [0.05, 0.1) is 25.9 Å². The molecule has 190 valence electrons. The first-order chi connectivity index (χ1) is 16.1. The van der Waals surface area contributed by atoms with E-state index in [0.717, 1.165) is 19.3 Å². The standard InChI is InChI=1S/C24H35NO8S/c1-16(2)19-7-5-17(3)13-21(19)33-23(26)15-32-24(27)18-6-8-20(30-4)22(14-18)34(28,29)25-9-11-31-12-10-25/h6,8,14,16-17,19,21H,5,7,9-13,15H2,1-4H3/t17-,19-,21-/m1/s1. The first-order valence-corrected chi connectivity index (χ1v) is 13.2. The van der Waals surface area contributed by atoms with E-state index in [1.807, 2.05) is 0 Å². The lowest BCUT2D eigenvalue weighted by Crippen LogP contribution is -2.40. The van der Waals surface area contributed by atoms with Crippen LogP contribution in [0.4, 0.5) is 0 Å². The van der Waals surface area contributed by atoms with Crippen molar-refractivity contribution in [2.24, 2.45) is 17.8 Å². The zero-order valence-corrected chi connectivity index (χ0v) is 21.1. The summed E-state index contributed by atoms with van der Waals surface area (Å²) in [5.41, 5.74) is 0.00628. The minimum atomic E-state index is -3.90. The molecular weight excluding hydrogens is 462 g/mol. The van der Waals surface area contributed by atoms with Crippen molar-refractivity contribution in [2.75, 3.05) is 40.0 Å². The molecule has 0 amide bonds. The number of benzene rings is 1. The van der Waals surface area contributed by atoms with E-state index >= 15 is 0 Å². The number of methoxy groups -OCH3 is 1. The second-order valence-electron chi connectivity index (χ2n) is 9.31. The van der Waals surface area contributed by atoms with Crippen molar-refractivity contribution in [3.05, 3.63) is 23.8 Å². The maximum atomic E-state index is 13.1. The zero-order valence-electron chi connectivity index (χ0n) is 20.3. The number of ether oxygens (including phenoxy) is 4. The second-order valence-corrected chi connectivity index (χ2v) is 11.2. The highest BCUT2D eigenvalue weighted by atomic mass is 32.2. The van der Waals surface area contributed by atoms with Gasteiger partial charge in [-0.1, -0.05) is 27.2 Å². The van der Waals surface area contributed by atoms with Crippen LogP contribution in [0.15, 0.2) is 23.1 Å². The highest BCUT2D eigenvalue weighted by Gasteiger charge is 2.34. The number of morpholine rings is 1. The van der Waals surface area contributed by atoms with Crippen LogP contribution in [-0.2, 0) is 29.0 Å². The topological polar surface area (TPSA) is 108 Å². The van der Waals surface area contributed by atoms with Crippen molar-refractivity contribution >= 4 is 22.0 Å². The van der Waals surface area contributed by atoms with Gasteiger partial charge in [0.15, 0.2) is 6.61 Å². The number of hydrogen-bond donors (Lipinski definition) is 0. The van der Waals surface area contributed by atoms with E-state index in [0.29, 0.717) is 25.0 Å². The third-order valence-electron chi connectivity index (χ3n) is 6.55. The lowest BCUT2D eigenvalue weighted by Gasteiger charge is -2.36. The number of rotatable bonds is 8. The van der Waals surface area contributed by atoms with Crippen LogP contribution in [-0.4, -0.2) is 70.8 Å². The van der Waals surface area contributed by atoms with E-state index < -0.39 is 28.6 Å². The fourth-order valence-electron chi connectivity index (χ4n) is 4.59. The lowest BCUT2D eigenvalue weighted by atomic mass is 9.75. The quantitative estimate of drug-likeness (QED) is 0.505. The van der Waals surface area contributed by atoms with Crippen LogP contribution in [0.5, 0.6) is 5.75 Å². The van der Waals surface area contributed by atoms with Gasteiger partial charge in [0, 0.05) is 13.1 Å². The Morgan fingerprint density at radius 3 is 2.53 bits per heavy atom. The highest BCUT2D eigenvalue weighted by Crippen LogP contribution is 2.35.